The lowest BCUT2D eigenvalue weighted by atomic mass is 9.41. The first-order valence-corrected chi connectivity index (χ1v) is 13.1. The van der Waals surface area contributed by atoms with E-state index < -0.39 is 5.97 Å². The highest BCUT2D eigenvalue weighted by molar-refractivity contribution is 5.67. The summed E-state index contributed by atoms with van der Waals surface area (Å²) in [6.07, 6.45) is 8.27. The van der Waals surface area contributed by atoms with Crippen molar-refractivity contribution in [3.05, 3.63) is 0 Å². The van der Waals surface area contributed by atoms with E-state index in [2.05, 4.69) is 27.7 Å². The molecule has 4 aliphatic carbocycles. The molecule has 5 heteroatoms. The van der Waals surface area contributed by atoms with Crippen LogP contribution in [0.15, 0.2) is 0 Å². The van der Waals surface area contributed by atoms with Crippen molar-refractivity contribution < 1.29 is 24.5 Å². The molecule has 0 saturated heterocycles. The molecule has 0 aliphatic heterocycles. The second kappa shape index (κ2) is 8.60. The van der Waals surface area contributed by atoms with Crippen molar-refractivity contribution in [2.24, 2.45) is 52.3 Å². The van der Waals surface area contributed by atoms with Crippen LogP contribution in [-0.4, -0.2) is 34.4 Å². The number of carbonyl (C=O) groups is 2. The molecule has 4 fully saturated rings. The monoisotopic (exact) mass is 448 g/mol. The largest absolute Gasteiger partial charge is 0.481 e. The number of carbonyl (C=O) groups excluding carboxylic acids is 1. The van der Waals surface area contributed by atoms with Crippen LogP contribution in [0.5, 0.6) is 0 Å². The van der Waals surface area contributed by atoms with Crippen LogP contribution in [0.3, 0.4) is 0 Å². The molecule has 0 heterocycles. The Kier molecular flexibility index (Phi) is 6.46. The quantitative estimate of drug-likeness (QED) is 0.558. The average molecular weight is 449 g/mol. The minimum atomic E-state index is -0.693. The van der Waals surface area contributed by atoms with Gasteiger partial charge in [0.15, 0.2) is 0 Å². The van der Waals surface area contributed by atoms with Crippen molar-refractivity contribution in [1.82, 2.24) is 0 Å². The Bertz CT molecular complexity index is 736. The molecule has 4 rings (SSSR count). The Labute approximate surface area is 193 Å². The van der Waals surface area contributed by atoms with E-state index in [4.69, 9.17) is 4.74 Å². The number of fused-ring (bicyclic) bond motifs is 5. The van der Waals surface area contributed by atoms with Gasteiger partial charge in [0, 0.05) is 13.3 Å². The smallest absolute Gasteiger partial charge is 0.303 e. The molecule has 0 aromatic rings. The Balaban J connectivity index is 1.62. The fraction of sp³-hybridized carbons (Fsp3) is 0.926. The molecular formula is C27H44O5. The number of hydrogen-bond donors (Lipinski definition) is 2. The number of ether oxygens (including phenoxy) is 1. The highest BCUT2D eigenvalue weighted by atomic mass is 16.5. The van der Waals surface area contributed by atoms with Crippen molar-refractivity contribution in [3.8, 4) is 0 Å². The van der Waals surface area contributed by atoms with E-state index in [1.165, 1.54) is 6.92 Å². The van der Waals surface area contributed by atoms with E-state index in [1.807, 2.05) is 0 Å². The van der Waals surface area contributed by atoms with Crippen LogP contribution in [-0.2, 0) is 14.3 Å². The van der Waals surface area contributed by atoms with Gasteiger partial charge in [0.25, 0.3) is 0 Å². The maximum Gasteiger partial charge on any atom is 0.303 e. The zero-order valence-corrected chi connectivity index (χ0v) is 20.7. The number of carboxylic acid groups (broad SMARTS) is 1. The maximum atomic E-state index is 11.8. The summed E-state index contributed by atoms with van der Waals surface area (Å²) in [5.74, 6) is 1.68. The lowest BCUT2D eigenvalue weighted by Crippen LogP contribution is -2.62. The first-order chi connectivity index (χ1) is 15.0. The zero-order chi connectivity index (χ0) is 23.4. The number of rotatable bonds is 5. The fourth-order valence-corrected chi connectivity index (χ4v) is 9.68. The lowest BCUT2D eigenvalue weighted by Gasteiger charge is -2.64. The van der Waals surface area contributed by atoms with Gasteiger partial charge in [-0.25, -0.2) is 0 Å². The molecule has 0 radical (unpaired) electrons. The van der Waals surface area contributed by atoms with E-state index in [1.54, 1.807) is 0 Å². The third-order valence-corrected chi connectivity index (χ3v) is 11.0. The van der Waals surface area contributed by atoms with Gasteiger partial charge in [0.2, 0.25) is 0 Å². The van der Waals surface area contributed by atoms with Gasteiger partial charge >= 0.3 is 11.9 Å². The van der Waals surface area contributed by atoms with Gasteiger partial charge in [-0.3, -0.25) is 9.59 Å². The molecule has 32 heavy (non-hydrogen) atoms. The Morgan fingerprint density at radius 1 is 1.03 bits per heavy atom. The number of aliphatic hydroxyl groups excluding tert-OH is 1. The van der Waals surface area contributed by atoms with Crippen molar-refractivity contribution in [2.45, 2.75) is 105 Å². The van der Waals surface area contributed by atoms with Crippen LogP contribution >= 0.6 is 0 Å². The van der Waals surface area contributed by atoms with Crippen molar-refractivity contribution in [2.75, 3.05) is 0 Å². The van der Waals surface area contributed by atoms with Crippen molar-refractivity contribution in [1.29, 1.82) is 0 Å². The third-order valence-electron chi connectivity index (χ3n) is 11.0. The van der Waals surface area contributed by atoms with Crippen molar-refractivity contribution in [3.63, 3.8) is 0 Å². The molecule has 0 amide bonds. The summed E-state index contributed by atoms with van der Waals surface area (Å²) in [5.41, 5.74) is 0.320. The SMILES string of the molecule is CCC1C(O)C2C3CCC(C(C)CC(=O)O)C3(C)CCC2C2(C)CCC(OC(C)=O)CC12. The molecule has 0 spiro atoms. The van der Waals surface area contributed by atoms with Gasteiger partial charge in [0.1, 0.15) is 6.10 Å². The molecule has 182 valence electrons. The number of aliphatic hydroxyl groups is 1. The first kappa shape index (κ1) is 24.0. The second-order valence-corrected chi connectivity index (χ2v) is 12.3. The minimum Gasteiger partial charge on any atom is -0.481 e. The van der Waals surface area contributed by atoms with Gasteiger partial charge in [-0.05, 0) is 97.2 Å². The van der Waals surface area contributed by atoms with Crippen LogP contribution in [0.25, 0.3) is 0 Å². The van der Waals surface area contributed by atoms with Gasteiger partial charge in [-0.15, -0.1) is 0 Å². The summed E-state index contributed by atoms with van der Waals surface area (Å²) in [5, 5.41) is 21.2. The lowest BCUT2D eigenvalue weighted by molar-refractivity contribution is -0.207. The van der Waals surface area contributed by atoms with Crippen LogP contribution in [0, 0.1) is 52.3 Å². The van der Waals surface area contributed by atoms with Crippen LogP contribution < -0.4 is 0 Å². The summed E-state index contributed by atoms with van der Waals surface area (Å²) >= 11 is 0. The number of esters is 1. The van der Waals surface area contributed by atoms with E-state index in [9.17, 15) is 19.8 Å². The summed E-state index contributed by atoms with van der Waals surface area (Å²) in [7, 11) is 0. The fourth-order valence-electron chi connectivity index (χ4n) is 9.68. The number of aliphatic carboxylic acids is 1. The molecular weight excluding hydrogens is 404 g/mol. The van der Waals surface area contributed by atoms with Gasteiger partial charge in [0.05, 0.1) is 6.10 Å². The van der Waals surface area contributed by atoms with E-state index in [-0.39, 0.29) is 47.3 Å². The van der Waals surface area contributed by atoms with Gasteiger partial charge in [-0.1, -0.05) is 34.1 Å². The third kappa shape index (κ3) is 3.71. The molecule has 4 aliphatic rings. The molecule has 4 saturated carbocycles. The number of hydrogen-bond acceptors (Lipinski definition) is 4. The zero-order valence-electron chi connectivity index (χ0n) is 20.7. The minimum absolute atomic E-state index is 0.00930. The molecule has 0 bridgehead atoms. The Morgan fingerprint density at radius 2 is 1.69 bits per heavy atom. The van der Waals surface area contributed by atoms with Crippen LogP contribution in [0.1, 0.15) is 92.4 Å². The van der Waals surface area contributed by atoms with Gasteiger partial charge in [-0.2, -0.15) is 0 Å². The first-order valence-electron chi connectivity index (χ1n) is 13.1. The van der Waals surface area contributed by atoms with Crippen molar-refractivity contribution >= 4 is 11.9 Å². The van der Waals surface area contributed by atoms with E-state index in [0.29, 0.717) is 29.6 Å². The Hall–Kier alpha value is -1.10. The van der Waals surface area contributed by atoms with Gasteiger partial charge < -0.3 is 14.9 Å². The average Bonchev–Trinajstić information content (AvgIpc) is 3.05. The standard InChI is InChI=1S/C27H44O5/c1-6-18-22-14-17(32-16(3)28)9-11-27(22,5)21-10-12-26(4)19(15(2)13-23(29)30)7-8-20(26)24(21)25(18)31/h15,17-22,24-25,31H,6-14H2,1-5H3,(H,29,30). The molecule has 2 N–H and O–H groups in total. The maximum absolute atomic E-state index is 11.8. The van der Waals surface area contributed by atoms with Crippen LogP contribution in [0.2, 0.25) is 0 Å². The van der Waals surface area contributed by atoms with E-state index in [0.717, 1.165) is 51.4 Å². The normalized spacial score (nSPS) is 48.8. The van der Waals surface area contributed by atoms with E-state index >= 15 is 0 Å². The topological polar surface area (TPSA) is 83.8 Å². The molecule has 0 aromatic heterocycles. The second-order valence-electron chi connectivity index (χ2n) is 12.3. The summed E-state index contributed by atoms with van der Waals surface area (Å²) in [4.78, 5) is 23.0. The Morgan fingerprint density at radius 3 is 2.31 bits per heavy atom. The predicted molar refractivity (Wildman–Crippen MR) is 123 cm³/mol. The summed E-state index contributed by atoms with van der Waals surface area (Å²) in [6.45, 7) is 10.7. The highest BCUT2D eigenvalue weighted by Crippen LogP contribution is 2.69. The predicted octanol–water partition coefficient (Wildman–Crippen LogP) is 5.29. The van der Waals surface area contributed by atoms with Crippen LogP contribution in [0.4, 0.5) is 0 Å². The highest BCUT2D eigenvalue weighted by Gasteiger charge is 2.65. The molecule has 11 unspecified atom stereocenters. The summed E-state index contributed by atoms with van der Waals surface area (Å²) < 4.78 is 5.64. The molecule has 5 nitrogen and oxygen atoms in total. The molecule has 0 aromatic carbocycles. The number of carboxylic acids is 1. The summed E-state index contributed by atoms with van der Waals surface area (Å²) in [6, 6.07) is 0. The molecule has 11 atom stereocenters.